The Bertz CT molecular complexity index is 850. The molecule has 2 amide bonds. The molecular weight excluding hydrogens is 344 g/mol. The summed E-state index contributed by atoms with van der Waals surface area (Å²) in [6, 6.07) is 13.2. The highest BCUT2D eigenvalue weighted by Gasteiger charge is 2.35. The van der Waals surface area contributed by atoms with Gasteiger partial charge in [0.05, 0.1) is 20.1 Å². The Hall–Kier alpha value is -3.02. The summed E-state index contributed by atoms with van der Waals surface area (Å²) in [7, 11) is 3.11. The molecule has 1 aliphatic rings. The zero-order valence-electron chi connectivity index (χ0n) is 15.8. The molecule has 1 saturated heterocycles. The third-order valence-electron chi connectivity index (χ3n) is 4.89. The predicted octanol–water partition coefficient (Wildman–Crippen LogP) is 2.68. The lowest BCUT2D eigenvalue weighted by Gasteiger charge is -2.18. The Balaban J connectivity index is 1.66. The first-order valence-electron chi connectivity index (χ1n) is 8.88. The number of aryl methyl sites for hydroxylation is 1. The molecule has 0 aromatic heterocycles. The highest BCUT2D eigenvalue weighted by Crippen LogP contribution is 2.34. The van der Waals surface area contributed by atoms with Gasteiger partial charge in [0.25, 0.3) is 0 Å². The van der Waals surface area contributed by atoms with Crippen LogP contribution >= 0.6 is 0 Å². The number of carbonyl (C=O) groups excluding carboxylic acids is 2. The number of rotatable bonds is 6. The molecule has 1 fully saturated rings. The zero-order valence-corrected chi connectivity index (χ0v) is 15.8. The van der Waals surface area contributed by atoms with Crippen LogP contribution in [0.2, 0.25) is 0 Å². The standard InChI is InChI=1S/C21H24N2O4/c1-14-6-4-5-7-15(14)12-22-21(25)16-10-20(24)23(13-16)17-8-9-18(26-2)19(11-17)27-3/h4-9,11,16H,10,12-13H2,1-3H3,(H,22,25). The minimum Gasteiger partial charge on any atom is -0.493 e. The van der Waals surface area contributed by atoms with E-state index in [4.69, 9.17) is 9.47 Å². The molecule has 0 spiro atoms. The fourth-order valence-electron chi connectivity index (χ4n) is 3.26. The topological polar surface area (TPSA) is 67.9 Å². The lowest BCUT2D eigenvalue weighted by molar-refractivity contribution is -0.126. The summed E-state index contributed by atoms with van der Waals surface area (Å²) in [5.74, 6) is 0.609. The number of ether oxygens (including phenoxy) is 2. The number of carbonyl (C=O) groups is 2. The van der Waals surface area contributed by atoms with Gasteiger partial charge in [-0.3, -0.25) is 9.59 Å². The van der Waals surface area contributed by atoms with E-state index in [0.717, 1.165) is 11.1 Å². The van der Waals surface area contributed by atoms with Crippen molar-refractivity contribution >= 4 is 17.5 Å². The molecule has 2 aromatic carbocycles. The average molecular weight is 368 g/mol. The molecular formula is C21H24N2O4. The number of benzene rings is 2. The number of anilines is 1. The summed E-state index contributed by atoms with van der Waals surface area (Å²) in [5, 5.41) is 2.95. The van der Waals surface area contributed by atoms with Crippen LogP contribution in [0.1, 0.15) is 17.5 Å². The second kappa shape index (κ2) is 8.12. The molecule has 0 radical (unpaired) electrons. The maximum Gasteiger partial charge on any atom is 0.227 e. The number of nitrogens with one attached hydrogen (secondary N) is 1. The van der Waals surface area contributed by atoms with Crippen molar-refractivity contribution in [2.45, 2.75) is 19.9 Å². The van der Waals surface area contributed by atoms with Gasteiger partial charge in [-0.15, -0.1) is 0 Å². The largest absolute Gasteiger partial charge is 0.493 e. The van der Waals surface area contributed by atoms with Crippen molar-refractivity contribution < 1.29 is 19.1 Å². The molecule has 0 saturated carbocycles. The first-order valence-corrected chi connectivity index (χ1v) is 8.88. The second-order valence-electron chi connectivity index (χ2n) is 6.59. The lowest BCUT2D eigenvalue weighted by Crippen LogP contribution is -2.32. The van der Waals surface area contributed by atoms with Crippen molar-refractivity contribution in [2.24, 2.45) is 5.92 Å². The minimum absolute atomic E-state index is 0.0711. The summed E-state index contributed by atoms with van der Waals surface area (Å²) in [4.78, 5) is 26.6. The summed E-state index contributed by atoms with van der Waals surface area (Å²) >= 11 is 0. The molecule has 1 unspecified atom stereocenters. The number of amides is 2. The van der Waals surface area contributed by atoms with Gasteiger partial charge in [-0.05, 0) is 30.2 Å². The molecule has 0 bridgehead atoms. The molecule has 0 aliphatic carbocycles. The zero-order chi connectivity index (χ0) is 19.4. The maximum atomic E-state index is 12.5. The third kappa shape index (κ3) is 4.05. The molecule has 27 heavy (non-hydrogen) atoms. The minimum atomic E-state index is -0.366. The fraction of sp³-hybridized carbons (Fsp3) is 0.333. The van der Waals surface area contributed by atoms with Crippen LogP contribution < -0.4 is 19.7 Å². The van der Waals surface area contributed by atoms with Crippen LogP contribution in [-0.2, 0) is 16.1 Å². The van der Waals surface area contributed by atoms with Crippen molar-refractivity contribution in [3.8, 4) is 11.5 Å². The highest BCUT2D eigenvalue weighted by molar-refractivity contribution is 6.00. The molecule has 3 rings (SSSR count). The van der Waals surface area contributed by atoms with Crippen LogP contribution in [-0.4, -0.2) is 32.6 Å². The SMILES string of the molecule is COc1ccc(N2CC(C(=O)NCc3ccccc3C)CC2=O)cc1OC. The Kier molecular flexibility index (Phi) is 5.64. The van der Waals surface area contributed by atoms with Crippen molar-refractivity contribution in [1.29, 1.82) is 0 Å². The van der Waals surface area contributed by atoms with E-state index in [1.165, 1.54) is 0 Å². The van der Waals surface area contributed by atoms with E-state index >= 15 is 0 Å². The van der Waals surface area contributed by atoms with Crippen molar-refractivity contribution in [3.05, 3.63) is 53.6 Å². The lowest BCUT2D eigenvalue weighted by atomic mass is 10.1. The number of hydrogen-bond acceptors (Lipinski definition) is 4. The number of methoxy groups -OCH3 is 2. The van der Waals surface area contributed by atoms with Gasteiger partial charge in [0.15, 0.2) is 11.5 Å². The van der Waals surface area contributed by atoms with Gasteiger partial charge < -0.3 is 19.7 Å². The van der Waals surface area contributed by atoms with Crippen LogP contribution in [0.15, 0.2) is 42.5 Å². The van der Waals surface area contributed by atoms with Gasteiger partial charge in [-0.2, -0.15) is 0 Å². The van der Waals surface area contributed by atoms with Crippen molar-refractivity contribution in [2.75, 3.05) is 25.7 Å². The quantitative estimate of drug-likeness (QED) is 0.851. The summed E-state index contributed by atoms with van der Waals surface area (Å²) in [5.41, 5.74) is 2.91. The Labute approximate surface area is 159 Å². The predicted molar refractivity (Wildman–Crippen MR) is 103 cm³/mol. The number of nitrogens with zero attached hydrogens (tertiary/aromatic N) is 1. The van der Waals surface area contributed by atoms with Gasteiger partial charge in [-0.25, -0.2) is 0 Å². The fourth-order valence-corrected chi connectivity index (χ4v) is 3.26. The van der Waals surface area contributed by atoms with Gasteiger partial charge in [0.1, 0.15) is 0 Å². The van der Waals surface area contributed by atoms with Crippen LogP contribution in [0.5, 0.6) is 11.5 Å². The van der Waals surface area contributed by atoms with Gasteiger partial charge in [0.2, 0.25) is 11.8 Å². The average Bonchev–Trinajstić information content (AvgIpc) is 3.08. The molecule has 1 aliphatic heterocycles. The normalized spacial score (nSPS) is 16.3. The molecule has 2 aromatic rings. The monoisotopic (exact) mass is 368 g/mol. The summed E-state index contributed by atoms with van der Waals surface area (Å²) in [6.07, 6.45) is 0.202. The van der Waals surface area contributed by atoms with Gasteiger partial charge in [-0.1, -0.05) is 24.3 Å². The van der Waals surface area contributed by atoms with Gasteiger partial charge >= 0.3 is 0 Å². The van der Waals surface area contributed by atoms with Crippen molar-refractivity contribution in [3.63, 3.8) is 0 Å². The smallest absolute Gasteiger partial charge is 0.227 e. The van der Waals surface area contributed by atoms with Crippen LogP contribution in [0.25, 0.3) is 0 Å². The van der Waals surface area contributed by atoms with Crippen LogP contribution in [0, 0.1) is 12.8 Å². The third-order valence-corrected chi connectivity index (χ3v) is 4.89. The van der Waals surface area contributed by atoms with Gasteiger partial charge in [0, 0.05) is 31.3 Å². The number of hydrogen-bond donors (Lipinski definition) is 1. The van der Waals surface area contributed by atoms with E-state index in [9.17, 15) is 9.59 Å². The Morgan fingerprint density at radius 1 is 1.15 bits per heavy atom. The van der Waals surface area contributed by atoms with E-state index < -0.39 is 0 Å². The van der Waals surface area contributed by atoms with E-state index in [0.29, 0.717) is 30.3 Å². The first-order chi connectivity index (χ1) is 13.0. The Morgan fingerprint density at radius 2 is 1.89 bits per heavy atom. The van der Waals surface area contributed by atoms with E-state index in [1.807, 2.05) is 31.2 Å². The second-order valence-corrected chi connectivity index (χ2v) is 6.59. The van der Waals surface area contributed by atoms with Crippen LogP contribution in [0.3, 0.4) is 0 Å². The molecule has 6 heteroatoms. The van der Waals surface area contributed by atoms with E-state index in [1.54, 1.807) is 37.3 Å². The molecule has 6 nitrogen and oxygen atoms in total. The Morgan fingerprint density at radius 3 is 2.59 bits per heavy atom. The highest BCUT2D eigenvalue weighted by atomic mass is 16.5. The molecule has 1 heterocycles. The van der Waals surface area contributed by atoms with E-state index in [2.05, 4.69) is 5.32 Å². The molecule has 1 atom stereocenters. The van der Waals surface area contributed by atoms with Crippen LogP contribution in [0.4, 0.5) is 5.69 Å². The summed E-state index contributed by atoms with van der Waals surface area (Å²) in [6.45, 7) is 2.83. The maximum absolute atomic E-state index is 12.5. The molecule has 142 valence electrons. The summed E-state index contributed by atoms with van der Waals surface area (Å²) < 4.78 is 10.5. The van der Waals surface area contributed by atoms with Crippen molar-refractivity contribution in [1.82, 2.24) is 5.32 Å². The van der Waals surface area contributed by atoms with E-state index in [-0.39, 0.29) is 24.2 Å². The first kappa shape index (κ1) is 18.8. The molecule has 1 N–H and O–H groups in total.